The molecule has 0 aliphatic carbocycles. The van der Waals surface area contributed by atoms with Gasteiger partial charge in [-0.3, -0.25) is 4.79 Å². The third-order valence-corrected chi connectivity index (χ3v) is 7.14. The molecule has 0 saturated heterocycles. The van der Waals surface area contributed by atoms with E-state index in [-0.39, 0.29) is 12.1 Å². The molecule has 2 rings (SSSR count). The van der Waals surface area contributed by atoms with Gasteiger partial charge in [0.2, 0.25) is 0 Å². The number of carbonyl (C=O) groups is 3. The quantitative estimate of drug-likeness (QED) is 0.0540. The van der Waals surface area contributed by atoms with E-state index in [1.165, 1.54) is 6.42 Å². The molecule has 2 aromatic rings. The predicted molar refractivity (Wildman–Crippen MR) is 174 cm³/mol. The van der Waals surface area contributed by atoms with E-state index in [4.69, 9.17) is 18.9 Å². The number of ether oxygens (including phenoxy) is 4. The molecule has 7 heteroatoms. The number of esters is 3. The van der Waals surface area contributed by atoms with E-state index < -0.39 is 11.9 Å². The average Bonchev–Trinajstić information content (AvgIpc) is 3.03. The molecule has 0 aliphatic rings. The van der Waals surface area contributed by atoms with Crippen molar-refractivity contribution < 1.29 is 33.3 Å². The number of benzene rings is 2. The lowest BCUT2D eigenvalue weighted by Crippen LogP contribution is -2.16. The smallest absolute Gasteiger partial charge is 0.343 e. The largest absolute Gasteiger partial charge is 0.494 e. The number of unbranched alkanes of at least 4 members (excludes halogenated alkanes) is 7. The van der Waals surface area contributed by atoms with Crippen LogP contribution in [0.5, 0.6) is 11.5 Å². The molecule has 0 atom stereocenters. The summed E-state index contributed by atoms with van der Waals surface area (Å²) in [5, 5.41) is 0. The van der Waals surface area contributed by atoms with Crippen molar-refractivity contribution in [2.24, 2.45) is 0 Å². The van der Waals surface area contributed by atoms with Crippen LogP contribution in [-0.2, 0) is 14.3 Å². The molecule has 0 amide bonds. The van der Waals surface area contributed by atoms with E-state index in [2.05, 4.69) is 13.2 Å². The molecular formula is C37H49O7. The molecule has 0 heterocycles. The maximum Gasteiger partial charge on any atom is 0.343 e. The molecular weight excluding hydrogens is 556 g/mol. The monoisotopic (exact) mass is 605 g/mol. The molecule has 239 valence electrons. The first-order chi connectivity index (χ1) is 21.4. The van der Waals surface area contributed by atoms with Gasteiger partial charge >= 0.3 is 17.9 Å². The standard InChI is InChI=1S/C37H49O7/c1-5-16-33(17-6-2)43-35(38)18-14-12-10-8-9-11-13-15-27-41-32-23-19-31(20-24-32)37(40)44-34-25-21-30(22-26-34)36(39)42-28-29(4)7-3/h5-6,19-26,33H,1-2,7-18,27-28H2,3-4H3. The summed E-state index contributed by atoms with van der Waals surface area (Å²) in [6.07, 6.45) is 14.6. The minimum atomic E-state index is -0.486. The van der Waals surface area contributed by atoms with Crippen molar-refractivity contribution >= 4 is 17.9 Å². The Bertz CT molecular complexity index is 1130. The van der Waals surface area contributed by atoms with Crippen LogP contribution in [0.25, 0.3) is 0 Å². The topological polar surface area (TPSA) is 88.1 Å². The van der Waals surface area contributed by atoms with Gasteiger partial charge in [-0.25, -0.2) is 9.59 Å². The first kappa shape index (κ1) is 36.3. The second-order valence-electron chi connectivity index (χ2n) is 10.9. The molecule has 0 fully saturated rings. The van der Waals surface area contributed by atoms with Gasteiger partial charge in [0, 0.05) is 25.2 Å². The summed E-state index contributed by atoms with van der Waals surface area (Å²) in [6, 6.07) is 13.2. The van der Waals surface area contributed by atoms with E-state index >= 15 is 0 Å². The Hall–Kier alpha value is -3.87. The number of carbonyl (C=O) groups excluding carboxylic acids is 3. The lowest BCUT2D eigenvalue weighted by atomic mass is 10.1. The first-order valence-corrected chi connectivity index (χ1v) is 15.8. The molecule has 44 heavy (non-hydrogen) atoms. The number of hydrogen-bond donors (Lipinski definition) is 0. The minimum Gasteiger partial charge on any atom is -0.494 e. The zero-order valence-corrected chi connectivity index (χ0v) is 26.5. The van der Waals surface area contributed by atoms with Gasteiger partial charge in [-0.05, 0) is 67.8 Å². The van der Waals surface area contributed by atoms with Gasteiger partial charge in [-0.1, -0.05) is 64.5 Å². The maximum atomic E-state index is 12.5. The fraction of sp³-hybridized carbons (Fsp3) is 0.459. The van der Waals surface area contributed by atoms with Gasteiger partial charge in [0.25, 0.3) is 0 Å². The van der Waals surface area contributed by atoms with E-state index in [1.807, 2.05) is 13.8 Å². The minimum absolute atomic E-state index is 0.132. The molecule has 2 aromatic carbocycles. The highest BCUT2D eigenvalue weighted by Crippen LogP contribution is 2.18. The van der Waals surface area contributed by atoms with Gasteiger partial charge in [0.05, 0.1) is 24.3 Å². The lowest BCUT2D eigenvalue weighted by Gasteiger charge is -2.14. The average molecular weight is 606 g/mol. The van der Waals surface area contributed by atoms with Crippen LogP contribution in [0.2, 0.25) is 0 Å². The SMILES string of the molecule is C=CCC(CC=C)OC(=O)CCCCCCCCCCOc1ccc(C(=O)Oc2ccc(C(=O)OC[C](C)CC)cc2)cc1. The Balaban J connectivity index is 1.54. The van der Waals surface area contributed by atoms with Crippen LogP contribution in [0.1, 0.15) is 112 Å². The van der Waals surface area contributed by atoms with Crippen molar-refractivity contribution in [1.82, 2.24) is 0 Å². The van der Waals surface area contributed by atoms with E-state index in [9.17, 15) is 14.4 Å². The van der Waals surface area contributed by atoms with Crippen LogP contribution in [0.3, 0.4) is 0 Å². The van der Waals surface area contributed by atoms with Gasteiger partial charge in [0.1, 0.15) is 17.6 Å². The summed E-state index contributed by atoms with van der Waals surface area (Å²) < 4.78 is 22.0. The summed E-state index contributed by atoms with van der Waals surface area (Å²) in [7, 11) is 0. The van der Waals surface area contributed by atoms with Gasteiger partial charge in [-0.2, -0.15) is 0 Å². The third kappa shape index (κ3) is 15.0. The third-order valence-electron chi connectivity index (χ3n) is 7.14. The second kappa shape index (κ2) is 21.8. The molecule has 0 bridgehead atoms. The summed E-state index contributed by atoms with van der Waals surface area (Å²) in [6.45, 7) is 12.3. The molecule has 7 nitrogen and oxygen atoms in total. The summed E-state index contributed by atoms with van der Waals surface area (Å²) in [5.74, 6) is 1.12. The highest BCUT2D eigenvalue weighted by Gasteiger charge is 2.13. The first-order valence-electron chi connectivity index (χ1n) is 15.8. The van der Waals surface area contributed by atoms with Gasteiger partial charge in [0.15, 0.2) is 0 Å². The van der Waals surface area contributed by atoms with Crippen LogP contribution in [0, 0.1) is 5.92 Å². The van der Waals surface area contributed by atoms with Crippen LogP contribution in [0.4, 0.5) is 0 Å². The van der Waals surface area contributed by atoms with Gasteiger partial charge < -0.3 is 18.9 Å². The Morgan fingerprint density at radius 2 is 1.25 bits per heavy atom. The summed E-state index contributed by atoms with van der Waals surface area (Å²) in [4.78, 5) is 36.6. The normalized spacial score (nSPS) is 10.8. The molecule has 0 spiro atoms. The number of hydrogen-bond acceptors (Lipinski definition) is 7. The molecule has 0 unspecified atom stereocenters. The summed E-state index contributed by atoms with van der Waals surface area (Å²) in [5.41, 5.74) is 0.812. The van der Waals surface area contributed by atoms with Gasteiger partial charge in [-0.15, -0.1) is 13.2 Å². The van der Waals surface area contributed by atoms with Crippen LogP contribution < -0.4 is 9.47 Å². The van der Waals surface area contributed by atoms with E-state index in [0.717, 1.165) is 57.3 Å². The maximum absolute atomic E-state index is 12.5. The molecule has 0 aromatic heterocycles. The highest BCUT2D eigenvalue weighted by atomic mass is 16.5. The highest BCUT2D eigenvalue weighted by molar-refractivity contribution is 5.92. The van der Waals surface area contributed by atoms with Crippen LogP contribution in [-0.4, -0.2) is 37.2 Å². The second-order valence-corrected chi connectivity index (χ2v) is 10.9. The van der Waals surface area contributed by atoms with Crippen molar-refractivity contribution in [2.75, 3.05) is 13.2 Å². The molecule has 0 N–H and O–H groups in total. The lowest BCUT2D eigenvalue weighted by molar-refractivity contribution is -0.148. The van der Waals surface area contributed by atoms with E-state index in [1.54, 1.807) is 60.7 Å². The van der Waals surface area contributed by atoms with Crippen LogP contribution in [0.15, 0.2) is 73.8 Å². The Kier molecular flexibility index (Phi) is 18.0. The zero-order chi connectivity index (χ0) is 32.0. The van der Waals surface area contributed by atoms with Crippen molar-refractivity contribution in [3.63, 3.8) is 0 Å². The van der Waals surface area contributed by atoms with Crippen LogP contribution >= 0.6 is 0 Å². The fourth-order valence-corrected chi connectivity index (χ4v) is 4.32. The van der Waals surface area contributed by atoms with Crippen molar-refractivity contribution in [2.45, 2.75) is 97.0 Å². The Morgan fingerprint density at radius 1 is 0.727 bits per heavy atom. The molecule has 0 aliphatic heterocycles. The summed E-state index contributed by atoms with van der Waals surface area (Å²) >= 11 is 0. The fourth-order valence-electron chi connectivity index (χ4n) is 4.32. The predicted octanol–water partition coefficient (Wildman–Crippen LogP) is 9.02. The molecule has 1 radical (unpaired) electrons. The zero-order valence-electron chi connectivity index (χ0n) is 26.5. The van der Waals surface area contributed by atoms with Crippen molar-refractivity contribution in [3.8, 4) is 11.5 Å². The number of rotatable bonds is 23. The van der Waals surface area contributed by atoms with Crippen molar-refractivity contribution in [3.05, 3.63) is 90.9 Å². The Morgan fingerprint density at radius 3 is 1.82 bits per heavy atom. The molecule has 0 saturated carbocycles. The van der Waals surface area contributed by atoms with E-state index in [0.29, 0.717) is 55.1 Å². The Labute approximate surface area is 263 Å². The van der Waals surface area contributed by atoms with Crippen molar-refractivity contribution in [1.29, 1.82) is 0 Å².